The Bertz CT molecular complexity index is 1200. The summed E-state index contributed by atoms with van der Waals surface area (Å²) < 4.78 is 0. The molecule has 0 radical (unpaired) electrons. The summed E-state index contributed by atoms with van der Waals surface area (Å²) in [5.74, 6) is 0.367. The number of aromatic nitrogens is 6. The average molecular weight is 521 g/mol. The number of carbonyl (C=O) groups is 2. The lowest BCUT2D eigenvalue weighted by Gasteiger charge is -2.25. The predicted molar refractivity (Wildman–Crippen MR) is 137 cm³/mol. The largest absolute Gasteiger partial charge is 0.300 e. The fourth-order valence-electron chi connectivity index (χ4n) is 4.19. The molecule has 1 fully saturated rings. The molecular formula is C24H24N8O2S2. The normalized spacial score (nSPS) is 17.4. The van der Waals surface area contributed by atoms with Crippen molar-refractivity contribution in [2.45, 2.75) is 50.4 Å². The smallest absolute Gasteiger partial charge is 0.230 e. The number of rotatable bonds is 8. The molecule has 5 rings (SSSR count). The van der Waals surface area contributed by atoms with Crippen molar-refractivity contribution in [3.8, 4) is 0 Å². The van der Waals surface area contributed by atoms with E-state index in [-0.39, 0.29) is 24.7 Å². The van der Waals surface area contributed by atoms with Crippen LogP contribution in [0.1, 0.15) is 58.7 Å². The SMILES string of the molecule is O=C(Cc1cccnc1)Nc1nnc(C2CCC(c3nnc(NC(=O)Cc4cccnc4)s3)CC2)s1. The Kier molecular flexibility index (Phi) is 7.62. The van der Waals surface area contributed by atoms with Crippen molar-refractivity contribution in [2.75, 3.05) is 10.6 Å². The maximum atomic E-state index is 12.3. The molecule has 10 nitrogen and oxygen atoms in total. The van der Waals surface area contributed by atoms with Gasteiger partial charge in [0.05, 0.1) is 12.8 Å². The van der Waals surface area contributed by atoms with Gasteiger partial charge in [-0.25, -0.2) is 0 Å². The quantitative estimate of drug-likeness (QED) is 0.356. The van der Waals surface area contributed by atoms with Gasteiger partial charge in [0.1, 0.15) is 10.0 Å². The van der Waals surface area contributed by atoms with Crippen LogP contribution in [0.5, 0.6) is 0 Å². The van der Waals surface area contributed by atoms with Gasteiger partial charge in [0.25, 0.3) is 0 Å². The van der Waals surface area contributed by atoms with E-state index in [0.717, 1.165) is 46.8 Å². The molecule has 1 saturated carbocycles. The van der Waals surface area contributed by atoms with E-state index in [4.69, 9.17) is 0 Å². The second-order valence-electron chi connectivity index (χ2n) is 8.61. The molecular weight excluding hydrogens is 496 g/mol. The van der Waals surface area contributed by atoms with Gasteiger partial charge < -0.3 is 10.6 Å². The monoisotopic (exact) mass is 520 g/mol. The van der Waals surface area contributed by atoms with Crippen LogP contribution in [0.15, 0.2) is 49.1 Å². The molecule has 1 aliphatic rings. The molecule has 184 valence electrons. The van der Waals surface area contributed by atoms with Crippen LogP contribution >= 0.6 is 22.7 Å². The topological polar surface area (TPSA) is 136 Å². The molecule has 2 N–H and O–H groups in total. The Hall–Kier alpha value is -3.64. The van der Waals surface area contributed by atoms with Gasteiger partial charge in [-0.15, -0.1) is 20.4 Å². The summed E-state index contributed by atoms with van der Waals surface area (Å²) in [6, 6.07) is 7.36. The van der Waals surface area contributed by atoms with Gasteiger partial charge in [-0.2, -0.15) is 0 Å². The number of anilines is 2. The van der Waals surface area contributed by atoms with Crippen LogP contribution in [-0.2, 0) is 22.4 Å². The van der Waals surface area contributed by atoms with Gasteiger partial charge in [-0.3, -0.25) is 19.6 Å². The van der Waals surface area contributed by atoms with E-state index in [1.165, 1.54) is 22.7 Å². The molecule has 36 heavy (non-hydrogen) atoms. The minimum atomic E-state index is -0.131. The second-order valence-corrected chi connectivity index (χ2v) is 10.6. The maximum absolute atomic E-state index is 12.3. The fraction of sp³-hybridized carbons (Fsp3) is 0.333. The molecule has 0 aromatic carbocycles. The highest BCUT2D eigenvalue weighted by atomic mass is 32.1. The lowest BCUT2D eigenvalue weighted by molar-refractivity contribution is -0.116. The predicted octanol–water partition coefficient (Wildman–Crippen LogP) is 3.98. The van der Waals surface area contributed by atoms with Crippen molar-refractivity contribution < 1.29 is 9.59 Å². The van der Waals surface area contributed by atoms with Crippen LogP contribution in [-0.4, -0.2) is 42.2 Å². The molecule has 0 atom stereocenters. The third kappa shape index (κ3) is 6.32. The molecule has 0 aliphatic heterocycles. The molecule has 12 heteroatoms. The second kappa shape index (κ2) is 11.4. The zero-order chi connectivity index (χ0) is 24.7. The molecule has 0 spiro atoms. The standard InChI is InChI=1S/C24H24N8O2S2/c33-19(11-15-3-1-9-25-13-15)27-23-31-29-21(35-23)17-5-7-18(8-6-17)22-30-32-24(36-22)28-20(34)12-16-4-2-10-26-14-16/h1-4,9-10,13-14,17-18H,5-8,11-12H2,(H,27,31,33)(H,28,32,34). The van der Waals surface area contributed by atoms with Gasteiger partial charge in [0.2, 0.25) is 22.1 Å². The van der Waals surface area contributed by atoms with Crippen LogP contribution in [0.25, 0.3) is 0 Å². The van der Waals surface area contributed by atoms with Crippen molar-refractivity contribution in [1.29, 1.82) is 0 Å². The zero-order valence-electron chi connectivity index (χ0n) is 19.3. The number of carbonyl (C=O) groups excluding carboxylic acids is 2. The van der Waals surface area contributed by atoms with Crippen LogP contribution < -0.4 is 10.6 Å². The first-order valence-corrected chi connectivity index (χ1v) is 13.3. The molecule has 4 aromatic rings. The fourth-order valence-corrected chi connectivity index (χ4v) is 6.05. The minimum absolute atomic E-state index is 0.131. The number of amides is 2. The highest BCUT2D eigenvalue weighted by molar-refractivity contribution is 7.15. The first-order chi connectivity index (χ1) is 17.6. The summed E-state index contributed by atoms with van der Waals surface area (Å²) in [6.07, 6.45) is 11.1. The molecule has 0 bridgehead atoms. The average Bonchev–Trinajstić information content (AvgIpc) is 3.55. The summed E-state index contributed by atoms with van der Waals surface area (Å²) in [5.41, 5.74) is 1.71. The van der Waals surface area contributed by atoms with Crippen molar-refractivity contribution in [3.63, 3.8) is 0 Å². The molecule has 4 heterocycles. The number of hydrogen-bond acceptors (Lipinski definition) is 10. The summed E-state index contributed by atoms with van der Waals surface area (Å²) in [7, 11) is 0. The van der Waals surface area contributed by atoms with Crippen molar-refractivity contribution in [1.82, 2.24) is 30.4 Å². The number of nitrogens with one attached hydrogen (secondary N) is 2. The third-order valence-corrected chi connectivity index (χ3v) is 7.98. The molecule has 1 aliphatic carbocycles. The molecule has 4 aromatic heterocycles. The number of hydrogen-bond donors (Lipinski definition) is 2. The van der Waals surface area contributed by atoms with E-state index in [0.29, 0.717) is 22.1 Å². The van der Waals surface area contributed by atoms with E-state index < -0.39 is 0 Å². The van der Waals surface area contributed by atoms with Gasteiger partial charge in [0.15, 0.2) is 0 Å². The van der Waals surface area contributed by atoms with Gasteiger partial charge in [-0.05, 0) is 48.9 Å². The maximum Gasteiger partial charge on any atom is 0.230 e. The zero-order valence-corrected chi connectivity index (χ0v) is 21.0. The molecule has 0 saturated heterocycles. The van der Waals surface area contributed by atoms with E-state index in [2.05, 4.69) is 41.0 Å². The lowest BCUT2D eigenvalue weighted by Crippen LogP contribution is -2.14. The summed E-state index contributed by atoms with van der Waals surface area (Å²) in [4.78, 5) is 32.6. The highest BCUT2D eigenvalue weighted by Gasteiger charge is 2.28. The van der Waals surface area contributed by atoms with Gasteiger partial charge in [0, 0.05) is 36.6 Å². The van der Waals surface area contributed by atoms with Crippen LogP contribution in [0.4, 0.5) is 10.3 Å². The first kappa shape index (κ1) is 24.1. The van der Waals surface area contributed by atoms with Crippen LogP contribution in [0, 0.1) is 0 Å². The highest BCUT2D eigenvalue weighted by Crippen LogP contribution is 2.42. The van der Waals surface area contributed by atoms with E-state index in [1.54, 1.807) is 24.8 Å². The Balaban J connectivity index is 1.09. The van der Waals surface area contributed by atoms with Crippen LogP contribution in [0.3, 0.4) is 0 Å². The number of pyridine rings is 2. The third-order valence-electron chi connectivity index (χ3n) is 5.97. The summed E-state index contributed by atoms with van der Waals surface area (Å²) in [5, 5.41) is 25.6. The Labute approximate surface area is 215 Å². The van der Waals surface area contributed by atoms with Crippen molar-refractivity contribution in [2.24, 2.45) is 0 Å². The van der Waals surface area contributed by atoms with E-state index in [1.807, 2.05) is 24.3 Å². The lowest BCUT2D eigenvalue weighted by atomic mass is 9.83. The van der Waals surface area contributed by atoms with Gasteiger partial charge in [-0.1, -0.05) is 34.8 Å². The van der Waals surface area contributed by atoms with E-state index >= 15 is 0 Å². The summed E-state index contributed by atoms with van der Waals surface area (Å²) in [6.45, 7) is 0. The van der Waals surface area contributed by atoms with Crippen molar-refractivity contribution in [3.05, 3.63) is 70.2 Å². The molecule has 2 amide bonds. The Morgan fingerprint density at radius 1 is 0.722 bits per heavy atom. The minimum Gasteiger partial charge on any atom is -0.300 e. The number of nitrogens with zero attached hydrogens (tertiary/aromatic N) is 6. The Morgan fingerprint density at radius 2 is 1.17 bits per heavy atom. The Morgan fingerprint density at radius 3 is 1.56 bits per heavy atom. The molecule has 0 unspecified atom stereocenters. The van der Waals surface area contributed by atoms with E-state index in [9.17, 15) is 9.59 Å². The summed E-state index contributed by atoms with van der Waals surface area (Å²) >= 11 is 2.88. The van der Waals surface area contributed by atoms with Crippen LogP contribution in [0.2, 0.25) is 0 Å². The first-order valence-electron chi connectivity index (χ1n) is 11.7. The van der Waals surface area contributed by atoms with Gasteiger partial charge >= 0.3 is 0 Å². The van der Waals surface area contributed by atoms with Crippen molar-refractivity contribution >= 4 is 44.8 Å².